The summed E-state index contributed by atoms with van der Waals surface area (Å²) in [6.45, 7) is 0.740. The summed E-state index contributed by atoms with van der Waals surface area (Å²) in [7, 11) is 4.68. The van der Waals surface area contributed by atoms with Crippen LogP contribution < -0.4 is 24.3 Å². The molecule has 0 aromatic heterocycles. The van der Waals surface area contributed by atoms with Crippen LogP contribution in [0.3, 0.4) is 0 Å². The van der Waals surface area contributed by atoms with Crippen LogP contribution in [0.1, 0.15) is 52.3 Å². The van der Waals surface area contributed by atoms with E-state index in [2.05, 4.69) is 11.4 Å². The number of ether oxygens (including phenoxy) is 4. The van der Waals surface area contributed by atoms with Crippen molar-refractivity contribution < 1.29 is 34.3 Å². The fourth-order valence-corrected chi connectivity index (χ4v) is 5.51. The molecular formula is C29H33NO7. The van der Waals surface area contributed by atoms with Crippen LogP contribution in [-0.4, -0.2) is 49.8 Å². The minimum Gasteiger partial charge on any atom is -0.504 e. The van der Waals surface area contributed by atoms with Gasteiger partial charge in [-0.25, -0.2) is 0 Å². The summed E-state index contributed by atoms with van der Waals surface area (Å²) in [5, 5.41) is 34.1. The molecule has 2 heterocycles. The number of aromatic hydroxyl groups is 2. The van der Waals surface area contributed by atoms with Crippen LogP contribution >= 0.6 is 0 Å². The Balaban J connectivity index is 1.41. The van der Waals surface area contributed by atoms with Crippen molar-refractivity contribution >= 4 is 0 Å². The van der Waals surface area contributed by atoms with Gasteiger partial charge in [-0.3, -0.25) is 0 Å². The summed E-state index contributed by atoms with van der Waals surface area (Å²) in [5.41, 5.74) is 5.06. The topological polar surface area (TPSA) is 110 Å². The lowest BCUT2D eigenvalue weighted by atomic mass is 9.88. The van der Waals surface area contributed by atoms with Crippen molar-refractivity contribution in [1.82, 2.24) is 5.32 Å². The third kappa shape index (κ3) is 4.63. The number of hydrogen-bond acceptors (Lipinski definition) is 8. The zero-order valence-electron chi connectivity index (χ0n) is 21.3. The lowest BCUT2D eigenvalue weighted by molar-refractivity contribution is 0.157. The van der Waals surface area contributed by atoms with Gasteiger partial charge in [-0.15, -0.1) is 0 Å². The first-order valence-electron chi connectivity index (χ1n) is 12.5. The summed E-state index contributed by atoms with van der Waals surface area (Å²) < 4.78 is 22.6. The first kappa shape index (κ1) is 25.0. The Morgan fingerprint density at radius 2 is 1.65 bits per heavy atom. The van der Waals surface area contributed by atoms with Gasteiger partial charge >= 0.3 is 0 Å². The second-order valence-electron chi connectivity index (χ2n) is 9.49. The average Bonchev–Trinajstić information content (AvgIpc) is 3.29. The molecule has 5 rings (SSSR count). The zero-order valence-corrected chi connectivity index (χ0v) is 21.3. The summed E-state index contributed by atoms with van der Waals surface area (Å²) in [6.07, 6.45) is 2.03. The van der Waals surface area contributed by atoms with E-state index >= 15 is 0 Å². The van der Waals surface area contributed by atoms with Crippen LogP contribution in [-0.2, 0) is 12.8 Å². The molecule has 0 radical (unpaired) electrons. The molecular weight excluding hydrogens is 474 g/mol. The number of phenols is 2. The minimum atomic E-state index is -0.439. The number of hydrogen-bond donors (Lipinski definition) is 4. The largest absolute Gasteiger partial charge is 0.504 e. The molecule has 3 aromatic rings. The average molecular weight is 508 g/mol. The summed E-state index contributed by atoms with van der Waals surface area (Å²) in [6, 6.07) is 13.0. The quantitative estimate of drug-likeness (QED) is 0.360. The summed E-state index contributed by atoms with van der Waals surface area (Å²) >= 11 is 0. The molecule has 0 spiro atoms. The molecule has 2 aliphatic heterocycles. The number of fused-ring (bicyclic) bond motifs is 2. The van der Waals surface area contributed by atoms with Crippen LogP contribution in [0.25, 0.3) is 0 Å². The number of benzene rings is 3. The van der Waals surface area contributed by atoms with Crippen molar-refractivity contribution in [2.24, 2.45) is 0 Å². The van der Waals surface area contributed by atoms with Gasteiger partial charge in [-0.1, -0.05) is 12.1 Å². The number of aliphatic hydroxyl groups is 1. The van der Waals surface area contributed by atoms with E-state index in [0.29, 0.717) is 23.0 Å². The lowest BCUT2D eigenvalue weighted by Crippen LogP contribution is -2.30. The van der Waals surface area contributed by atoms with Crippen molar-refractivity contribution in [2.75, 3.05) is 34.5 Å². The van der Waals surface area contributed by atoms with Gasteiger partial charge in [0.2, 0.25) is 0 Å². The van der Waals surface area contributed by atoms with Crippen LogP contribution in [0.4, 0.5) is 0 Å². The highest BCUT2D eigenvalue weighted by atomic mass is 16.5. The van der Waals surface area contributed by atoms with Crippen LogP contribution in [0.5, 0.6) is 34.5 Å². The summed E-state index contributed by atoms with van der Waals surface area (Å²) in [5.74, 6) is 2.01. The Morgan fingerprint density at radius 1 is 0.892 bits per heavy atom. The van der Waals surface area contributed by atoms with E-state index in [4.69, 9.17) is 18.9 Å². The Kier molecular flexibility index (Phi) is 7.04. The first-order chi connectivity index (χ1) is 18.0. The molecule has 0 saturated heterocycles. The fraction of sp³-hybridized carbons (Fsp3) is 0.379. The molecule has 3 atom stereocenters. The van der Waals surface area contributed by atoms with E-state index in [0.717, 1.165) is 53.6 Å². The Bertz CT molecular complexity index is 1290. The van der Waals surface area contributed by atoms with Crippen LogP contribution in [0.2, 0.25) is 0 Å². The molecule has 3 aromatic carbocycles. The number of rotatable bonds is 8. The van der Waals surface area contributed by atoms with Gasteiger partial charge in [0.15, 0.2) is 34.5 Å². The van der Waals surface area contributed by atoms with Crippen molar-refractivity contribution in [3.05, 3.63) is 70.3 Å². The number of nitrogens with one attached hydrogen (secondary N) is 1. The third-order valence-electron chi connectivity index (χ3n) is 7.42. The Morgan fingerprint density at radius 3 is 2.38 bits per heavy atom. The number of phenolic OH excluding ortho intramolecular Hbond substituents is 2. The van der Waals surface area contributed by atoms with E-state index in [-0.39, 0.29) is 30.1 Å². The van der Waals surface area contributed by atoms with Gasteiger partial charge in [-0.2, -0.15) is 0 Å². The van der Waals surface area contributed by atoms with Gasteiger partial charge in [-0.05, 0) is 78.4 Å². The molecule has 0 saturated carbocycles. The van der Waals surface area contributed by atoms with Gasteiger partial charge in [0, 0.05) is 11.6 Å². The van der Waals surface area contributed by atoms with Gasteiger partial charge in [0.05, 0.1) is 33.9 Å². The van der Waals surface area contributed by atoms with Crippen LogP contribution in [0.15, 0.2) is 42.5 Å². The number of aryl methyl sites for hydroxylation is 1. The van der Waals surface area contributed by atoms with E-state index in [1.54, 1.807) is 32.4 Å². The Hall–Kier alpha value is -3.62. The normalized spacial score (nSPS) is 20.1. The molecule has 2 aliphatic rings. The van der Waals surface area contributed by atoms with Gasteiger partial charge in [0.25, 0.3) is 0 Å². The van der Waals surface area contributed by atoms with Gasteiger partial charge < -0.3 is 39.6 Å². The molecule has 37 heavy (non-hydrogen) atoms. The molecule has 0 fully saturated rings. The lowest BCUT2D eigenvalue weighted by Gasteiger charge is -2.28. The second-order valence-corrected chi connectivity index (χ2v) is 9.49. The van der Waals surface area contributed by atoms with Crippen molar-refractivity contribution in [1.29, 1.82) is 0 Å². The molecule has 0 amide bonds. The third-order valence-corrected chi connectivity index (χ3v) is 7.42. The molecule has 4 N–H and O–H groups in total. The molecule has 8 nitrogen and oxygen atoms in total. The molecule has 0 bridgehead atoms. The highest BCUT2D eigenvalue weighted by Crippen LogP contribution is 2.51. The van der Waals surface area contributed by atoms with E-state index in [9.17, 15) is 15.3 Å². The predicted octanol–water partition coefficient (Wildman–Crippen LogP) is 4.15. The minimum absolute atomic E-state index is 0.0490. The van der Waals surface area contributed by atoms with Gasteiger partial charge in [0.1, 0.15) is 6.10 Å². The highest BCUT2D eigenvalue weighted by Gasteiger charge is 2.38. The molecule has 8 heteroatoms. The van der Waals surface area contributed by atoms with E-state index in [1.165, 1.54) is 7.11 Å². The SMILES string of the molecule is COc1cc([C@H]2Oc3c(OC)cc(CC[C@@H]4NCCc5cc(O)c(OC)cc54)cc3[C@@H]2CO)ccc1O. The molecule has 0 aliphatic carbocycles. The van der Waals surface area contributed by atoms with E-state index in [1.807, 2.05) is 18.2 Å². The number of methoxy groups -OCH3 is 3. The Labute approximate surface area is 216 Å². The molecule has 196 valence electrons. The maximum Gasteiger partial charge on any atom is 0.165 e. The second kappa shape index (κ2) is 10.4. The van der Waals surface area contributed by atoms with Crippen molar-refractivity contribution in [3.8, 4) is 34.5 Å². The maximum atomic E-state index is 10.4. The van der Waals surface area contributed by atoms with Crippen molar-refractivity contribution in [3.63, 3.8) is 0 Å². The standard InChI is InChI=1S/C29H33NO7/c1-34-25-13-18(5-7-23(25)32)28-21(15-31)20-10-16(11-27(36-3)29(20)37-28)4-6-22-19-14-26(35-2)24(33)12-17(19)8-9-30-22/h5,7,10-14,21-22,28,30-33H,4,6,8-9,15H2,1-3H3/t21-,22-,28+/m0/s1. The first-order valence-corrected chi connectivity index (χ1v) is 12.5. The van der Waals surface area contributed by atoms with E-state index < -0.39 is 6.10 Å². The summed E-state index contributed by atoms with van der Waals surface area (Å²) in [4.78, 5) is 0. The molecule has 0 unspecified atom stereocenters. The smallest absolute Gasteiger partial charge is 0.165 e. The number of aliphatic hydroxyl groups excluding tert-OH is 1. The van der Waals surface area contributed by atoms with Crippen LogP contribution in [0, 0.1) is 0 Å². The maximum absolute atomic E-state index is 10.4. The fourth-order valence-electron chi connectivity index (χ4n) is 5.51. The monoisotopic (exact) mass is 507 g/mol. The predicted molar refractivity (Wildman–Crippen MR) is 138 cm³/mol. The van der Waals surface area contributed by atoms with Crippen molar-refractivity contribution in [2.45, 2.75) is 37.3 Å². The highest BCUT2D eigenvalue weighted by molar-refractivity contribution is 5.56. The zero-order chi connectivity index (χ0) is 26.1.